The molecule has 0 aliphatic heterocycles. The van der Waals surface area contributed by atoms with E-state index in [2.05, 4.69) is 0 Å². The molecule has 0 nitrogen and oxygen atoms in total. The van der Waals surface area contributed by atoms with Crippen LogP contribution in [0.15, 0.2) is 0 Å². The van der Waals surface area contributed by atoms with Crippen LogP contribution in [0.3, 0.4) is 0 Å². The van der Waals surface area contributed by atoms with Gasteiger partial charge in [-0.15, -0.1) is 0 Å². The first-order chi connectivity index (χ1) is 2.00. The first-order valence-corrected chi connectivity index (χ1v) is 9.35. The fraction of sp³-hybridized carbons (Fsp3) is 0. The van der Waals surface area contributed by atoms with Gasteiger partial charge in [0.15, 0.2) is 0 Å². The van der Waals surface area contributed by atoms with Gasteiger partial charge in [0.25, 0.3) is 0 Å². The van der Waals surface area contributed by atoms with E-state index in [1.54, 1.807) is 0 Å². The quantitative estimate of drug-likeness (QED) is 0.543. The van der Waals surface area contributed by atoms with Crippen LogP contribution in [0.5, 0.6) is 0 Å². The Hall–Kier alpha value is 2.64. The van der Waals surface area contributed by atoms with E-state index in [1.807, 2.05) is 0 Å². The van der Waals surface area contributed by atoms with Gasteiger partial charge in [0.1, 0.15) is 0 Å². The maximum atomic E-state index is 5.01. The molecule has 0 heterocycles. The van der Waals surface area contributed by atoms with Crippen molar-refractivity contribution < 1.29 is 12.3 Å². The Morgan fingerprint density at radius 2 is 0.833 bits per heavy atom. The van der Waals surface area contributed by atoms with Gasteiger partial charge < -0.3 is 0 Å². The van der Waals surface area contributed by atoms with Crippen LogP contribution in [0, 0.1) is 0 Å². The van der Waals surface area contributed by atoms with Crippen LogP contribution in [0.4, 0.5) is 0 Å². The van der Waals surface area contributed by atoms with Gasteiger partial charge in [-0.05, 0) is 0 Å². The molecule has 6 heteroatoms. The summed E-state index contributed by atoms with van der Waals surface area (Å²) in [4.78, 5) is 0. The first-order valence-electron chi connectivity index (χ1n) is 0.756. The summed E-state index contributed by atoms with van der Waals surface area (Å²) in [5.41, 5.74) is 0. The van der Waals surface area contributed by atoms with Gasteiger partial charge in [0.2, 0.25) is 0 Å². The maximum absolute atomic E-state index is 5.01. The molecule has 0 spiro atoms. The summed E-state index contributed by atoms with van der Waals surface area (Å²) in [6, 6.07) is 0. The molecule has 0 unspecified atom stereocenters. The van der Waals surface area contributed by atoms with E-state index in [0.29, 0.717) is 0 Å². The van der Waals surface area contributed by atoms with Gasteiger partial charge in [0, 0.05) is 23.1 Å². The van der Waals surface area contributed by atoms with Crippen molar-refractivity contribution in [2.24, 2.45) is 0 Å². The molecule has 0 N–H and O–H groups in total. The molecule has 0 aliphatic carbocycles. The first kappa shape index (κ1) is 11.4. The molecule has 0 aromatic rings. The van der Waals surface area contributed by atoms with Crippen molar-refractivity contribution in [3.8, 4) is 0 Å². The van der Waals surface area contributed by atoms with Gasteiger partial charge >= 0.3 is 49.6 Å². The van der Waals surface area contributed by atoms with Crippen molar-refractivity contribution in [1.29, 1.82) is 0 Å². The van der Waals surface area contributed by atoms with Gasteiger partial charge in [-0.1, -0.05) is 0 Å². The standard InChI is InChI=1S/4ClH.Mg.Ti/h4*1H;;/q;;;;;+4/p-4. The molecule has 0 fully saturated rings. The van der Waals surface area contributed by atoms with Crippen molar-refractivity contribution in [3.63, 3.8) is 0 Å². The van der Waals surface area contributed by atoms with Crippen molar-refractivity contribution in [1.82, 2.24) is 0 Å². The predicted octanol–water partition coefficient (Wildman–Crippen LogP) is 2.37. The predicted molar refractivity (Wildman–Crippen MR) is 29.2 cm³/mol. The van der Waals surface area contributed by atoms with E-state index < -0.39 is 12.3 Å². The monoisotopic (exact) mass is 212 g/mol. The molecule has 2 radical (unpaired) electrons. The Kier molecular flexibility index (Phi) is 8.60. The van der Waals surface area contributed by atoms with E-state index >= 15 is 0 Å². The zero-order valence-electron chi connectivity index (χ0n) is 2.72. The second-order valence-electron chi connectivity index (χ2n) is 0.429. The summed E-state index contributed by atoms with van der Waals surface area (Å²) in [5, 5.41) is 0. The van der Waals surface area contributed by atoms with Crippen LogP contribution in [0.1, 0.15) is 0 Å². The van der Waals surface area contributed by atoms with Gasteiger partial charge in [-0.2, -0.15) is 0 Å². The molecular formula is Cl4MgTi. The largest absolute Gasteiger partial charge is 0 e. The van der Waals surface area contributed by atoms with Gasteiger partial charge in [-0.25, -0.2) is 0 Å². The third-order valence-corrected chi connectivity index (χ3v) is 0. The molecule has 6 heavy (non-hydrogen) atoms. The van der Waals surface area contributed by atoms with E-state index in [9.17, 15) is 0 Å². The Labute approximate surface area is 71.5 Å². The third-order valence-electron chi connectivity index (χ3n) is 0. The van der Waals surface area contributed by atoms with Crippen LogP contribution >= 0.6 is 37.2 Å². The van der Waals surface area contributed by atoms with Gasteiger partial charge in [0.05, 0.1) is 0 Å². The molecule has 34 valence electrons. The summed E-state index contributed by atoms with van der Waals surface area (Å²) in [7, 11) is 20.1. The van der Waals surface area contributed by atoms with Crippen LogP contribution in [0.25, 0.3) is 0 Å². The van der Waals surface area contributed by atoms with Gasteiger partial charge in [-0.3, -0.25) is 0 Å². The van der Waals surface area contributed by atoms with Crippen molar-refractivity contribution in [2.45, 2.75) is 0 Å². The van der Waals surface area contributed by atoms with E-state index in [-0.39, 0.29) is 23.1 Å². The summed E-state index contributed by atoms with van der Waals surface area (Å²) in [5.74, 6) is 0. The molecule has 0 rings (SSSR count). The Bertz CT molecular complexity index is 23.0. The maximum Gasteiger partial charge on any atom is 0 e. The molecule has 0 atom stereocenters. The second-order valence-corrected chi connectivity index (χ2v) is 15.9. The molecule has 0 aliphatic rings. The van der Waals surface area contributed by atoms with Crippen LogP contribution in [-0.4, -0.2) is 23.1 Å². The average molecular weight is 214 g/mol. The van der Waals surface area contributed by atoms with E-state index in [0.717, 1.165) is 0 Å². The number of hydrogen-bond acceptors (Lipinski definition) is 0. The van der Waals surface area contributed by atoms with Crippen LogP contribution < -0.4 is 0 Å². The number of halogens is 4. The zero-order valence-corrected chi connectivity index (χ0v) is 8.72. The van der Waals surface area contributed by atoms with Crippen molar-refractivity contribution in [2.75, 3.05) is 0 Å². The topological polar surface area (TPSA) is 0 Å². The fourth-order valence-corrected chi connectivity index (χ4v) is 0. The molecule has 0 aromatic carbocycles. The summed E-state index contributed by atoms with van der Waals surface area (Å²) >= 11 is -3.11. The van der Waals surface area contributed by atoms with Crippen LogP contribution in [-0.2, 0) is 12.3 Å². The molecule has 0 saturated carbocycles. The van der Waals surface area contributed by atoms with E-state index in [4.69, 9.17) is 37.2 Å². The normalized spacial score (nSPS) is 10.0. The Morgan fingerprint density at radius 3 is 0.833 bits per heavy atom. The molecule has 0 bridgehead atoms. The van der Waals surface area contributed by atoms with Crippen LogP contribution in [0.2, 0.25) is 0 Å². The molecule has 0 aromatic heterocycles. The fourth-order valence-electron chi connectivity index (χ4n) is 0. The summed E-state index contributed by atoms with van der Waals surface area (Å²) in [6.45, 7) is 0. The minimum atomic E-state index is -3.11. The zero-order chi connectivity index (χ0) is 4.50. The number of hydrogen-bond donors (Lipinski definition) is 0. The van der Waals surface area contributed by atoms with E-state index in [1.165, 1.54) is 0 Å². The Balaban J connectivity index is 0. The minimum Gasteiger partial charge on any atom is 0 e. The third kappa shape index (κ3) is 30.3. The molecule has 0 amide bonds. The smallest absolute Gasteiger partial charge is 0 e. The van der Waals surface area contributed by atoms with Crippen molar-refractivity contribution >= 4 is 60.3 Å². The molecule has 0 saturated heterocycles. The minimum absolute atomic E-state index is 0. The Morgan fingerprint density at radius 1 is 0.833 bits per heavy atom. The number of rotatable bonds is 0. The average Bonchev–Trinajstić information content (AvgIpc) is 0.722. The SMILES string of the molecule is [Cl][Ti]([Cl])([Cl])[Cl].[Mg]. The van der Waals surface area contributed by atoms with Crippen molar-refractivity contribution in [3.05, 3.63) is 0 Å². The molecular weight excluding hydrogens is 214 g/mol. The summed E-state index contributed by atoms with van der Waals surface area (Å²) in [6.07, 6.45) is 0. The second kappa shape index (κ2) is 4.51. The summed E-state index contributed by atoms with van der Waals surface area (Å²) < 4.78 is 0.